The number of carbonyl (C=O) groups is 1. The lowest BCUT2D eigenvalue weighted by Gasteiger charge is -2.13. The number of aryl methyl sites for hydroxylation is 2. The molecule has 0 unspecified atom stereocenters. The Morgan fingerprint density at radius 3 is 2.62 bits per heavy atom. The van der Waals surface area contributed by atoms with E-state index >= 15 is 0 Å². The van der Waals surface area contributed by atoms with Crippen molar-refractivity contribution in [1.82, 2.24) is 0 Å². The third kappa shape index (κ3) is 4.75. The third-order valence-corrected chi connectivity index (χ3v) is 3.96. The van der Waals surface area contributed by atoms with E-state index < -0.39 is 0 Å². The number of rotatable bonds is 6. The second-order valence-electron chi connectivity index (χ2n) is 6.33. The molecule has 4 nitrogen and oxygen atoms in total. The zero-order valence-electron chi connectivity index (χ0n) is 14.8. The number of nitrogens with one attached hydrogen (secondary N) is 1. The molecule has 0 heterocycles. The van der Waals surface area contributed by atoms with Crippen molar-refractivity contribution in [3.05, 3.63) is 53.1 Å². The van der Waals surface area contributed by atoms with E-state index in [0.717, 1.165) is 16.8 Å². The van der Waals surface area contributed by atoms with Gasteiger partial charge in [0.15, 0.2) is 0 Å². The van der Waals surface area contributed by atoms with Gasteiger partial charge in [0.05, 0.1) is 11.8 Å². The van der Waals surface area contributed by atoms with Crippen molar-refractivity contribution in [2.75, 3.05) is 11.1 Å². The fourth-order valence-electron chi connectivity index (χ4n) is 2.47. The molecule has 0 aliphatic heterocycles. The monoisotopic (exact) mass is 326 g/mol. The zero-order chi connectivity index (χ0) is 17.7. The van der Waals surface area contributed by atoms with Crippen molar-refractivity contribution < 1.29 is 9.53 Å². The highest BCUT2D eigenvalue weighted by Gasteiger charge is 2.08. The third-order valence-electron chi connectivity index (χ3n) is 3.96. The van der Waals surface area contributed by atoms with Crippen LogP contribution in [0, 0.1) is 13.8 Å². The molecule has 4 heteroatoms. The van der Waals surface area contributed by atoms with E-state index in [4.69, 9.17) is 10.5 Å². The summed E-state index contributed by atoms with van der Waals surface area (Å²) in [6, 6.07) is 11.6. The van der Waals surface area contributed by atoms with Crippen LogP contribution < -0.4 is 15.8 Å². The van der Waals surface area contributed by atoms with E-state index in [1.165, 1.54) is 5.56 Å². The summed E-state index contributed by atoms with van der Waals surface area (Å²) in [5.74, 6) is 0.693. The number of nitrogens with two attached hydrogens (primary N) is 1. The average Bonchev–Trinajstić information content (AvgIpc) is 2.52. The minimum absolute atomic E-state index is 0.00442. The Morgan fingerprint density at radius 1 is 1.21 bits per heavy atom. The summed E-state index contributed by atoms with van der Waals surface area (Å²) in [5, 5.41) is 2.98. The molecular weight excluding hydrogens is 300 g/mol. The molecule has 0 bridgehead atoms. The first-order chi connectivity index (χ1) is 11.4. The first kappa shape index (κ1) is 17.9. The van der Waals surface area contributed by atoms with E-state index in [9.17, 15) is 4.79 Å². The summed E-state index contributed by atoms with van der Waals surface area (Å²) in [6.45, 7) is 7.98. The highest BCUT2D eigenvalue weighted by Crippen LogP contribution is 2.24. The van der Waals surface area contributed by atoms with Crippen LogP contribution in [0.5, 0.6) is 5.75 Å². The maximum atomic E-state index is 12.2. The Balaban J connectivity index is 1.94. The van der Waals surface area contributed by atoms with Crippen molar-refractivity contribution in [3.63, 3.8) is 0 Å². The van der Waals surface area contributed by atoms with Crippen LogP contribution in [0.4, 0.5) is 11.4 Å². The number of hydrogen-bond acceptors (Lipinski definition) is 3. The average molecular weight is 326 g/mol. The van der Waals surface area contributed by atoms with Crippen LogP contribution in [-0.2, 0) is 11.2 Å². The second kappa shape index (κ2) is 7.86. The summed E-state index contributed by atoms with van der Waals surface area (Å²) in [7, 11) is 0. The summed E-state index contributed by atoms with van der Waals surface area (Å²) >= 11 is 0. The molecule has 0 aliphatic rings. The van der Waals surface area contributed by atoms with Crippen LogP contribution in [0.25, 0.3) is 0 Å². The van der Waals surface area contributed by atoms with Crippen molar-refractivity contribution >= 4 is 17.3 Å². The molecule has 3 N–H and O–H groups in total. The van der Waals surface area contributed by atoms with Crippen LogP contribution in [0.3, 0.4) is 0 Å². The molecule has 2 rings (SSSR count). The first-order valence-electron chi connectivity index (χ1n) is 8.28. The highest BCUT2D eigenvalue weighted by atomic mass is 16.5. The Kier molecular flexibility index (Phi) is 5.85. The van der Waals surface area contributed by atoms with Crippen molar-refractivity contribution in [3.8, 4) is 5.75 Å². The minimum atomic E-state index is 0.00442. The molecule has 0 radical (unpaired) electrons. The molecule has 2 aromatic carbocycles. The summed E-state index contributed by atoms with van der Waals surface area (Å²) in [4.78, 5) is 12.2. The number of carbonyl (C=O) groups excluding carboxylic acids is 1. The topological polar surface area (TPSA) is 64.3 Å². The normalized spacial score (nSPS) is 10.7. The molecule has 0 spiro atoms. The fraction of sp³-hybridized carbons (Fsp3) is 0.350. The molecule has 0 atom stereocenters. The van der Waals surface area contributed by atoms with Gasteiger partial charge in [0, 0.05) is 12.1 Å². The SMILES string of the molecule is Cc1cccc(NC(=O)CCc2ccc(OC(C)C)c(N)c2)c1C. The van der Waals surface area contributed by atoms with E-state index in [-0.39, 0.29) is 12.0 Å². The van der Waals surface area contributed by atoms with Crippen LogP contribution in [-0.4, -0.2) is 12.0 Å². The van der Waals surface area contributed by atoms with Gasteiger partial charge in [0.1, 0.15) is 5.75 Å². The van der Waals surface area contributed by atoms with Gasteiger partial charge in [-0.3, -0.25) is 4.79 Å². The van der Waals surface area contributed by atoms with Gasteiger partial charge in [0.25, 0.3) is 0 Å². The predicted octanol–water partition coefficient (Wildman–Crippen LogP) is 4.24. The molecule has 128 valence electrons. The Labute approximate surface area is 144 Å². The second-order valence-corrected chi connectivity index (χ2v) is 6.33. The summed E-state index contributed by atoms with van der Waals surface area (Å²) in [6.07, 6.45) is 1.14. The van der Waals surface area contributed by atoms with Crippen molar-refractivity contribution in [2.45, 2.75) is 46.6 Å². The number of anilines is 2. The van der Waals surface area contributed by atoms with Gasteiger partial charge in [-0.25, -0.2) is 0 Å². The quantitative estimate of drug-likeness (QED) is 0.780. The number of amides is 1. The standard InChI is InChI=1S/C20H26N2O2/c1-13(2)24-19-10-8-16(12-17(19)21)9-11-20(23)22-18-7-5-6-14(3)15(18)4/h5-8,10,12-13H,9,11,21H2,1-4H3,(H,22,23). The lowest BCUT2D eigenvalue weighted by Crippen LogP contribution is -2.13. The van der Waals surface area contributed by atoms with E-state index in [1.807, 2.05) is 64.1 Å². The smallest absolute Gasteiger partial charge is 0.224 e. The molecule has 0 saturated heterocycles. The summed E-state index contributed by atoms with van der Waals surface area (Å²) < 4.78 is 5.62. The molecule has 24 heavy (non-hydrogen) atoms. The number of hydrogen-bond donors (Lipinski definition) is 2. The molecule has 0 aromatic heterocycles. The molecule has 2 aromatic rings. The van der Waals surface area contributed by atoms with Gasteiger partial charge >= 0.3 is 0 Å². The molecule has 0 aliphatic carbocycles. The van der Waals surface area contributed by atoms with Crippen molar-refractivity contribution in [2.24, 2.45) is 0 Å². The highest BCUT2D eigenvalue weighted by molar-refractivity contribution is 5.91. The van der Waals surface area contributed by atoms with E-state index in [0.29, 0.717) is 24.3 Å². The predicted molar refractivity (Wildman–Crippen MR) is 99.5 cm³/mol. The molecule has 1 amide bonds. The van der Waals surface area contributed by atoms with Gasteiger partial charge in [-0.1, -0.05) is 18.2 Å². The lowest BCUT2D eigenvalue weighted by molar-refractivity contribution is -0.116. The van der Waals surface area contributed by atoms with Crippen LogP contribution >= 0.6 is 0 Å². The fourth-order valence-corrected chi connectivity index (χ4v) is 2.47. The Hall–Kier alpha value is -2.49. The van der Waals surface area contributed by atoms with Crippen LogP contribution in [0.2, 0.25) is 0 Å². The molecular formula is C20H26N2O2. The summed E-state index contributed by atoms with van der Waals surface area (Å²) in [5.41, 5.74) is 10.8. The van der Waals surface area contributed by atoms with E-state index in [2.05, 4.69) is 5.32 Å². The number of benzene rings is 2. The Bertz CT molecular complexity index is 724. The molecule has 0 fully saturated rings. The van der Waals surface area contributed by atoms with Crippen molar-refractivity contribution in [1.29, 1.82) is 0 Å². The number of nitrogen functional groups attached to an aromatic ring is 1. The number of ether oxygens (including phenoxy) is 1. The molecule has 0 saturated carbocycles. The van der Waals surface area contributed by atoms with Crippen LogP contribution in [0.1, 0.15) is 37.0 Å². The largest absolute Gasteiger partial charge is 0.489 e. The van der Waals surface area contributed by atoms with Gasteiger partial charge in [-0.15, -0.1) is 0 Å². The maximum absolute atomic E-state index is 12.2. The maximum Gasteiger partial charge on any atom is 0.224 e. The van der Waals surface area contributed by atoms with Gasteiger partial charge in [-0.05, 0) is 69.0 Å². The minimum Gasteiger partial charge on any atom is -0.489 e. The van der Waals surface area contributed by atoms with E-state index in [1.54, 1.807) is 0 Å². The van der Waals surface area contributed by atoms with Gasteiger partial charge < -0.3 is 15.8 Å². The Morgan fingerprint density at radius 2 is 1.96 bits per heavy atom. The van der Waals surface area contributed by atoms with Gasteiger partial charge in [0.2, 0.25) is 5.91 Å². The lowest BCUT2D eigenvalue weighted by atomic mass is 10.1. The first-order valence-corrected chi connectivity index (χ1v) is 8.28. The van der Waals surface area contributed by atoms with Gasteiger partial charge in [-0.2, -0.15) is 0 Å². The van der Waals surface area contributed by atoms with Crippen LogP contribution in [0.15, 0.2) is 36.4 Å². The zero-order valence-corrected chi connectivity index (χ0v) is 14.8.